The molecule has 4 N–H and O–H groups in total. The van der Waals surface area contributed by atoms with Crippen LogP contribution < -0.4 is 20.7 Å². The summed E-state index contributed by atoms with van der Waals surface area (Å²) in [5, 5.41) is 17.7. The highest BCUT2D eigenvalue weighted by Crippen LogP contribution is 2.38. The van der Waals surface area contributed by atoms with Crippen molar-refractivity contribution in [1.82, 2.24) is 10.6 Å². The zero-order valence-corrected chi connectivity index (χ0v) is 13.7. The fourth-order valence-electron chi connectivity index (χ4n) is 1.93. The van der Waals surface area contributed by atoms with Crippen LogP contribution >= 0.6 is 11.3 Å². The third kappa shape index (κ3) is 3.54. The lowest BCUT2D eigenvalue weighted by Crippen LogP contribution is -2.26. The van der Waals surface area contributed by atoms with Crippen LogP contribution in [0.25, 0.3) is 10.4 Å². The van der Waals surface area contributed by atoms with Crippen molar-refractivity contribution in [2.75, 3.05) is 26.5 Å². The molecule has 1 heterocycles. The number of carbonyl (C=O) groups is 2. The number of phenolic OH excluding ortho intramolecular Hbond substituents is 1. The van der Waals surface area contributed by atoms with E-state index >= 15 is 0 Å². The second-order valence-electron chi connectivity index (χ2n) is 4.52. The number of benzene rings is 1. The maximum absolute atomic E-state index is 12.0. The van der Waals surface area contributed by atoms with Gasteiger partial charge in [0.15, 0.2) is 11.5 Å². The van der Waals surface area contributed by atoms with Crippen LogP contribution in [0.2, 0.25) is 0 Å². The van der Waals surface area contributed by atoms with Gasteiger partial charge >= 0.3 is 6.03 Å². The lowest BCUT2D eigenvalue weighted by molar-refractivity contribution is 0.0964. The molecule has 1 aromatic heterocycles. The summed E-state index contributed by atoms with van der Waals surface area (Å²) in [4.78, 5) is 24.3. The minimum atomic E-state index is -0.410. The maximum Gasteiger partial charge on any atom is 0.319 e. The van der Waals surface area contributed by atoms with E-state index in [2.05, 4.69) is 16.0 Å². The summed E-state index contributed by atoms with van der Waals surface area (Å²) in [5.41, 5.74) is 1.13. The summed E-state index contributed by atoms with van der Waals surface area (Å²) < 4.78 is 5.09. The smallest absolute Gasteiger partial charge is 0.319 e. The molecule has 0 saturated heterocycles. The second-order valence-corrected chi connectivity index (χ2v) is 5.58. The topological polar surface area (TPSA) is 99.7 Å². The van der Waals surface area contributed by atoms with Gasteiger partial charge in [-0.05, 0) is 29.8 Å². The number of methoxy groups -OCH3 is 1. The van der Waals surface area contributed by atoms with Crippen molar-refractivity contribution in [3.8, 4) is 21.9 Å². The van der Waals surface area contributed by atoms with Gasteiger partial charge in [-0.3, -0.25) is 10.1 Å². The van der Waals surface area contributed by atoms with Crippen molar-refractivity contribution in [2.24, 2.45) is 0 Å². The molecule has 23 heavy (non-hydrogen) atoms. The molecule has 0 aliphatic heterocycles. The van der Waals surface area contributed by atoms with Gasteiger partial charge < -0.3 is 20.5 Å². The molecule has 0 spiro atoms. The number of phenols is 1. The first-order chi connectivity index (χ1) is 11.0. The maximum atomic E-state index is 12.0. The van der Waals surface area contributed by atoms with Crippen LogP contribution in [0.4, 0.5) is 9.80 Å². The van der Waals surface area contributed by atoms with Crippen molar-refractivity contribution in [3.63, 3.8) is 0 Å². The van der Waals surface area contributed by atoms with Crippen LogP contribution in [-0.2, 0) is 0 Å². The van der Waals surface area contributed by atoms with Gasteiger partial charge in [-0.1, -0.05) is 0 Å². The van der Waals surface area contributed by atoms with Gasteiger partial charge in [-0.2, -0.15) is 0 Å². The molecule has 0 fully saturated rings. The summed E-state index contributed by atoms with van der Waals surface area (Å²) in [7, 11) is 4.48. The monoisotopic (exact) mass is 335 g/mol. The van der Waals surface area contributed by atoms with Gasteiger partial charge in [0, 0.05) is 19.0 Å². The predicted octanol–water partition coefficient (Wildman–Crippen LogP) is 2.24. The highest BCUT2D eigenvalue weighted by atomic mass is 32.1. The summed E-state index contributed by atoms with van der Waals surface area (Å²) in [6.45, 7) is 0. The van der Waals surface area contributed by atoms with Crippen molar-refractivity contribution in [2.45, 2.75) is 0 Å². The molecule has 8 heteroatoms. The van der Waals surface area contributed by atoms with Gasteiger partial charge in [-0.25, -0.2) is 4.79 Å². The Labute approximate surface area is 137 Å². The zero-order chi connectivity index (χ0) is 17.0. The van der Waals surface area contributed by atoms with Crippen molar-refractivity contribution in [1.29, 1.82) is 0 Å². The lowest BCUT2D eigenvalue weighted by Gasteiger charge is -2.05. The van der Waals surface area contributed by atoms with E-state index in [1.54, 1.807) is 18.2 Å². The Hall–Kier alpha value is -2.74. The number of thiophene rings is 1. The average Bonchev–Trinajstić information content (AvgIpc) is 2.98. The Kier molecular flexibility index (Phi) is 5.07. The molecule has 7 nitrogen and oxygen atoms in total. The summed E-state index contributed by atoms with van der Waals surface area (Å²) in [5.74, 6) is 0.0610. The molecular formula is C15H17N3O4S. The number of hydrogen-bond donors (Lipinski definition) is 4. The highest BCUT2D eigenvalue weighted by Gasteiger charge is 2.18. The van der Waals surface area contributed by atoms with Gasteiger partial charge in [-0.15, -0.1) is 11.3 Å². The number of hydrogen-bond acceptors (Lipinski definition) is 5. The second kappa shape index (κ2) is 7.01. The molecule has 0 atom stereocenters. The van der Waals surface area contributed by atoms with Crippen molar-refractivity contribution < 1.29 is 19.4 Å². The quantitative estimate of drug-likeness (QED) is 0.688. The number of ether oxygens (including phenoxy) is 1. The zero-order valence-electron chi connectivity index (χ0n) is 12.9. The average molecular weight is 335 g/mol. The van der Waals surface area contributed by atoms with Crippen LogP contribution in [0.5, 0.6) is 11.5 Å². The first kappa shape index (κ1) is 16.6. The molecule has 2 rings (SSSR count). The Morgan fingerprint density at radius 3 is 2.52 bits per heavy atom. The number of urea groups is 1. The number of carbonyl (C=O) groups excluding carboxylic acids is 2. The van der Waals surface area contributed by atoms with E-state index in [0.29, 0.717) is 16.3 Å². The lowest BCUT2D eigenvalue weighted by atomic mass is 10.1. The molecule has 122 valence electrons. The third-order valence-electron chi connectivity index (χ3n) is 3.12. The minimum absolute atomic E-state index is 0.0306. The number of anilines is 1. The van der Waals surface area contributed by atoms with E-state index in [9.17, 15) is 14.7 Å². The largest absolute Gasteiger partial charge is 0.504 e. The first-order valence-corrected chi connectivity index (χ1v) is 7.53. The molecule has 1 aromatic carbocycles. The molecule has 2 aromatic rings. The van der Waals surface area contributed by atoms with Crippen molar-refractivity contribution >= 4 is 28.3 Å². The van der Waals surface area contributed by atoms with E-state index in [1.165, 1.54) is 38.6 Å². The van der Waals surface area contributed by atoms with Gasteiger partial charge in [0.25, 0.3) is 5.91 Å². The predicted molar refractivity (Wildman–Crippen MR) is 89.4 cm³/mol. The standard InChI is InChI=1S/C15H17N3O4S/c1-16-13(20)9-7-12(23-14(9)18-15(21)17-2)8-4-5-10(19)11(6-8)22-3/h4-7,19H,1-3H3,(H,16,20)(H2,17,18,21). The minimum Gasteiger partial charge on any atom is -0.504 e. The van der Waals surface area contributed by atoms with Gasteiger partial charge in [0.05, 0.1) is 12.7 Å². The molecule has 0 radical (unpaired) electrons. The number of nitrogens with one attached hydrogen (secondary N) is 3. The third-order valence-corrected chi connectivity index (χ3v) is 4.22. The summed E-state index contributed by atoms with van der Waals surface area (Å²) in [6, 6.07) is 6.16. The highest BCUT2D eigenvalue weighted by molar-refractivity contribution is 7.20. The van der Waals surface area contributed by atoms with E-state index in [-0.39, 0.29) is 11.7 Å². The Bertz CT molecular complexity index is 742. The van der Waals surface area contributed by atoms with Gasteiger partial charge in [0.2, 0.25) is 0 Å². The van der Waals surface area contributed by atoms with Crippen LogP contribution in [0.3, 0.4) is 0 Å². The fourth-order valence-corrected chi connectivity index (χ4v) is 2.97. The Morgan fingerprint density at radius 2 is 1.91 bits per heavy atom. The molecule has 0 saturated carbocycles. The fraction of sp³-hybridized carbons (Fsp3) is 0.200. The molecular weight excluding hydrogens is 318 g/mol. The van der Waals surface area contributed by atoms with E-state index in [4.69, 9.17) is 4.74 Å². The number of aromatic hydroxyl groups is 1. The van der Waals surface area contributed by atoms with Crippen molar-refractivity contribution in [3.05, 3.63) is 29.8 Å². The Balaban J connectivity index is 2.47. The van der Waals surface area contributed by atoms with Crippen LogP contribution in [-0.4, -0.2) is 38.2 Å². The SMILES string of the molecule is CNC(=O)Nc1sc(-c2ccc(O)c(OC)c2)cc1C(=O)NC. The first-order valence-electron chi connectivity index (χ1n) is 6.72. The van der Waals surface area contributed by atoms with Crippen LogP contribution in [0.1, 0.15) is 10.4 Å². The molecule has 0 bridgehead atoms. The van der Waals surface area contributed by atoms with Crippen LogP contribution in [0.15, 0.2) is 24.3 Å². The molecule has 0 aliphatic carbocycles. The molecule has 0 aliphatic rings. The summed E-state index contributed by atoms with van der Waals surface area (Å²) in [6.07, 6.45) is 0. The number of amides is 3. The van der Waals surface area contributed by atoms with E-state index in [1.807, 2.05) is 0 Å². The molecule has 3 amide bonds. The Morgan fingerprint density at radius 1 is 1.17 bits per heavy atom. The summed E-state index contributed by atoms with van der Waals surface area (Å²) >= 11 is 1.26. The normalized spacial score (nSPS) is 10.0. The number of rotatable bonds is 4. The molecule has 0 unspecified atom stereocenters. The van der Waals surface area contributed by atoms with E-state index in [0.717, 1.165) is 10.4 Å². The van der Waals surface area contributed by atoms with Gasteiger partial charge in [0.1, 0.15) is 5.00 Å². The van der Waals surface area contributed by atoms with Crippen LogP contribution in [0, 0.1) is 0 Å². The van der Waals surface area contributed by atoms with E-state index < -0.39 is 6.03 Å².